The fourth-order valence-corrected chi connectivity index (χ4v) is 1.67. The van der Waals surface area contributed by atoms with E-state index >= 15 is 0 Å². The monoisotopic (exact) mass is 273 g/mol. The minimum atomic E-state index is -1.23. The van der Waals surface area contributed by atoms with Gasteiger partial charge in [0.25, 0.3) is 0 Å². The molecule has 20 heavy (non-hydrogen) atoms. The van der Waals surface area contributed by atoms with Gasteiger partial charge in [-0.25, -0.2) is 9.42 Å². The van der Waals surface area contributed by atoms with E-state index in [0.717, 1.165) is 4.68 Å². The van der Waals surface area contributed by atoms with Crippen LogP contribution in [0.15, 0.2) is 29.2 Å². The predicted octanol–water partition coefficient (Wildman–Crippen LogP) is -0.00730. The molecule has 0 amide bonds. The van der Waals surface area contributed by atoms with Crippen molar-refractivity contribution in [2.24, 2.45) is 0 Å². The smallest absolute Gasteiger partial charge is 0.358 e. The summed E-state index contributed by atoms with van der Waals surface area (Å²) in [6.07, 6.45) is 3.04. The molecular weight excluding hydrogens is 266 g/mol. The minimum Gasteiger partial charge on any atom is -0.476 e. The van der Waals surface area contributed by atoms with Crippen molar-refractivity contribution < 1.29 is 14.5 Å². The third-order valence-corrected chi connectivity index (χ3v) is 2.50. The number of rotatable bonds is 3. The molecule has 0 spiro atoms. The fourth-order valence-electron chi connectivity index (χ4n) is 1.67. The Morgan fingerprint density at radius 3 is 2.85 bits per heavy atom. The molecule has 0 aliphatic heterocycles. The largest absolute Gasteiger partial charge is 0.476 e. The number of hydrogen-bond acceptors (Lipinski definition) is 8. The summed E-state index contributed by atoms with van der Waals surface area (Å²) in [5.41, 5.74) is 6.02. The number of pyridine rings is 1. The molecule has 0 saturated carbocycles. The highest BCUT2D eigenvalue weighted by molar-refractivity contribution is 5.93. The number of aromatic nitrogens is 6. The highest BCUT2D eigenvalue weighted by atomic mass is 16.6. The van der Waals surface area contributed by atoms with Gasteiger partial charge in [-0.3, -0.25) is 4.98 Å². The van der Waals surface area contributed by atoms with E-state index in [1.807, 2.05) is 0 Å². The molecule has 100 valence electrons. The van der Waals surface area contributed by atoms with Gasteiger partial charge in [-0.15, -0.1) is 5.10 Å². The Morgan fingerprint density at radius 1 is 1.40 bits per heavy atom. The van der Waals surface area contributed by atoms with Crippen LogP contribution in [0, 0.1) is 0 Å². The second-order valence-corrected chi connectivity index (χ2v) is 3.72. The van der Waals surface area contributed by atoms with Crippen molar-refractivity contribution >= 4 is 11.8 Å². The second-order valence-electron chi connectivity index (χ2n) is 3.72. The molecule has 10 heteroatoms. The molecule has 3 N–H and O–H groups in total. The molecule has 0 bridgehead atoms. The average Bonchev–Trinajstić information content (AvgIpc) is 3.05. The number of carboxylic acids is 1. The Kier molecular flexibility index (Phi) is 2.60. The number of nitrogen functional groups attached to an aromatic ring is 1. The van der Waals surface area contributed by atoms with Gasteiger partial charge in [0, 0.05) is 18.0 Å². The molecule has 0 unspecified atom stereocenters. The Bertz CT molecular complexity index is 764. The molecule has 3 aromatic rings. The number of hydrogen-bond donors (Lipinski definition) is 2. The highest BCUT2D eigenvalue weighted by Crippen LogP contribution is 2.25. The summed E-state index contributed by atoms with van der Waals surface area (Å²) in [6.45, 7) is 0. The molecule has 0 saturated heterocycles. The van der Waals surface area contributed by atoms with Gasteiger partial charge >= 0.3 is 5.97 Å². The normalized spacial score (nSPS) is 10.6. The average molecular weight is 273 g/mol. The molecule has 0 atom stereocenters. The summed E-state index contributed by atoms with van der Waals surface area (Å²) in [4.78, 5) is 15.2. The predicted molar refractivity (Wildman–Crippen MR) is 63.8 cm³/mol. The van der Waals surface area contributed by atoms with Crippen molar-refractivity contribution in [2.45, 2.75) is 0 Å². The molecule has 0 aromatic carbocycles. The van der Waals surface area contributed by atoms with E-state index in [2.05, 4.69) is 30.2 Å². The summed E-state index contributed by atoms with van der Waals surface area (Å²) < 4.78 is 5.63. The lowest BCUT2D eigenvalue weighted by atomic mass is 10.1. The Morgan fingerprint density at radius 2 is 2.25 bits per heavy atom. The number of anilines is 1. The first-order valence-electron chi connectivity index (χ1n) is 5.36. The molecule has 10 nitrogen and oxygen atoms in total. The van der Waals surface area contributed by atoms with Crippen LogP contribution in [-0.4, -0.2) is 41.4 Å². The molecule has 0 aliphatic carbocycles. The second kappa shape index (κ2) is 4.42. The standard InChI is InChI=1S/C10H7N7O3/c11-8-9(15-20-14-8)17-7(5-2-1-3-12-4-5)6(10(18)19)13-16-17/h1-4H,(H2,11,14)(H,18,19). The van der Waals surface area contributed by atoms with Crippen molar-refractivity contribution in [3.63, 3.8) is 0 Å². The van der Waals surface area contributed by atoms with Gasteiger partial charge in [0.1, 0.15) is 5.69 Å². The van der Waals surface area contributed by atoms with E-state index in [4.69, 9.17) is 5.73 Å². The summed E-state index contributed by atoms with van der Waals surface area (Å²) in [5, 5.41) is 23.5. The van der Waals surface area contributed by atoms with Crippen LogP contribution in [-0.2, 0) is 0 Å². The lowest BCUT2D eigenvalue weighted by Crippen LogP contribution is -2.05. The summed E-state index contributed by atoms with van der Waals surface area (Å²) in [6, 6.07) is 3.32. The van der Waals surface area contributed by atoms with Gasteiger partial charge in [0.15, 0.2) is 5.69 Å². The SMILES string of the molecule is Nc1nonc1-n1nnc(C(=O)O)c1-c1cccnc1. The Balaban J connectivity index is 2.27. The van der Waals surface area contributed by atoms with Crippen molar-refractivity contribution in [1.29, 1.82) is 0 Å². The third-order valence-electron chi connectivity index (χ3n) is 2.50. The maximum Gasteiger partial charge on any atom is 0.358 e. The molecule has 0 radical (unpaired) electrons. The zero-order valence-corrected chi connectivity index (χ0v) is 9.83. The van der Waals surface area contributed by atoms with Crippen LogP contribution in [0.5, 0.6) is 0 Å². The molecule has 3 rings (SSSR count). The summed E-state index contributed by atoms with van der Waals surface area (Å²) >= 11 is 0. The first-order chi connectivity index (χ1) is 9.68. The zero-order valence-electron chi connectivity index (χ0n) is 9.83. The van der Waals surface area contributed by atoms with Crippen molar-refractivity contribution in [2.75, 3.05) is 5.73 Å². The number of carboxylic acid groups (broad SMARTS) is 1. The summed E-state index contributed by atoms with van der Waals surface area (Å²) in [7, 11) is 0. The maximum atomic E-state index is 11.2. The molecule has 0 aliphatic rings. The quantitative estimate of drug-likeness (QED) is 0.672. The maximum absolute atomic E-state index is 11.2. The Hall–Kier alpha value is -3.30. The van der Waals surface area contributed by atoms with Gasteiger partial charge < -0.3 is 10.8 Å². The van der Waals surface area contributed by atoms with Gasteiger partial charge in [-0.2, -0.15) is 4.68 Å². The van der Waals surface area contributed by atoms with Crippen molar-refractivity contribution in [1.82, 2.24) is 30.3 Å². The first-order valence-corrected chi connectivity index (χ1v) is 5.36. The lowest BCUT2D eigenvalue weighted by molar-refractivity contribution is 0.0691. The van der Waals surface area contributed by atoms with Crippen LogP contribution in [0.2, 0.25) is 0 Å². The number of aromatic carboxylic acids is 1. The first kappa shape index (κ1) is 11.8. The van der Waals surface area contributed by atoms with E-state index in [-0.39, 0.29) is 23.0 Å². The Labute approximate surface area is 110 Å². The fraction of sp³-hybridized carbons (Fsp3) is 0. The van der Waals surface area contributed by atoms with Crippen molar-refractivity contribution in [3.05, 3.63) is 30.2 Å². The molecule has 3 heterocycles. The van der Waals surface area contributed by atoms with Crippen LogP contribution in [0.25, 0.3) is 17.1 Å². The zero-order chi connectivity index (χ0) is 14.1. The van der Waals surface area contributed by atoms with Crippen LogP contribution in [0.4, 0.5) is 5.82 Å². The van der Waals surface area contributed by atoms with Crippen LogP contribution >= 0.6 is 0 Å². The van der Waals surface area contributed by atoms with Gasteiger partial charge in [-0.1, -0.05) is 5.21 Å². The molecular formula is C10H7N7O3. The number of carbonyl (C=O) groups is 1. The van der Waals surface area contributed by atoms with E-state index in [1.165, 1.54) is 6.20 Å². The van der Waals surface area contributed by atoms with Gasteiger partial charge in [0.2, 0.25) is 11.6 Å². The van der Waals surface area contributed by atoms with E-state index < -0.39 is 5.97 Å². The number of nitrogens with zero attached hydrogens (tertiary/aromatic N) is 6. The van der Waals surface area contributed by atoms with Gasteiger partial charge in [-0.05, 0) is 22.4 Å². The van der Waals surface area contributed by atoms with E-state index in [9.17, 15) is 9.90 Å². The molecule has 3 aromatic heterocycles. The minimum absolute atomic E-state index is 0.0306. The number of nitrogens with two attached hydrogens (primary N) is 1. The summed E-state index contributed by atoms with van der Waals surface area (Å²) in [5.74, 6) is -1.20. The van der Waals surface area contributed by atoms with Crippen LogP contribution in [0.3, 0.4) is 0 Å². The van der Waals surface area contributed by atoms with Gasteiger partial charge in [0.05, 0.1) is 0 Å². The van der Waals surface area contributed by atoms with Crippen molar-refractivity contribution in [3.8, 4) is 17.1 Å². The third kappa shape index (κ3) is 1.75. The van der Waals surface area contributed by atoms with E-state index in [0.29, 0.717) is 5.56 Å². The van der Waals surface area contributed by atoms with E-state index in [1.54, 1.807) is 18.3 Å². The van der Waals surface area contributed by atoms with Crippen LogP contribution < -0.4 is 5.73 Å². The van der Waals surface area contributed by atoms with Crippen LogP contribution in [0.1, 0.15) is 10.5 Å². The highest BCUT2D eigenvalue weighted by Gasteiger charge is 2.24. The molecule has 0 fully saturated rings. The topological polar surface area (TPSA) is 146 Å². The lowest BCUT2D eigenvalue weighted by Gasteiger charge is -2.03.